The van der Waals surface area contributed by atoms with E-state index in [1.54, 1.807) is 0 Å². The van der Waals surface area contributed by atoms with Crippen molar-refractivity contribution in [2.24, 2.45) is 0 Å². The average molecular weight is 523 g/mol. The molecule has 1 aliphatic rings. The Hall–Kier alpha value is -3.47. The minimum atomic E-state index is -1.19. The van der Waals surface area contributed by atoms with E-state index in [0.717, 1.165) is 4.57 Å². The molecule has 2 heterocycles. The first kappa shape index (κ1) is 24.6. The Balaban J connectivity index is 1.53. The molecular formula is C23H17Cl2FN2O7. The Morgan fingerprint density at radius 1 is 1.00 bits per heavy atom. The van der Waals surface area contributed by atoms with Crippen LogP contribution in [-0.4, -0.2) is 40.3 Å². The van der Waals surface area contributed by atoms with Crippen molar-refractivity contribution in [3.05, 3.63) is 103 Å². The van der Waals surface area contributed by atoms with E-state index in [9.17, 15) is 23.6 Å². The van der Waals surface area contributed by atoms with Crippen LogP contribution in [0, 0.1) is 5.82 Å². The molecule has 1 aromatic heterocycles. The summed E-state index contributed by atoms with van der Waals surface area (Å²) in [6.45, 7) is -0.336. The van der Waals surface area contributed by atoms with Crippen LogP contribution < -0.4 is 11.2 Å². The van der Waals surface area contributed by atoms with E-state index in [0.29, 0.717) is 16.2 Å². The number of rotatable bonds is 6. The highest BCUT2D eigenvalue weighted by Crippen LogP contribution is 2.31. The van der Waals surface area contributed by atoms with Gasteiger partial charge in [0, 0.05) is 16.5 Å². The molecule has 1 N–H and O–H groups in total. The van der Waals surface area contributed by atoms with Crippen molar-refractivity contribution < 1.29 is 28.2 Å². The summed E-state index contributed by atoms with van der Waals surface area (Å²) in [5.41, 5.74) is -1.65. The van der Waals surface area contributed by atoms with Crippen LogP contribution >= 0.6 is 23.2 Å². The maximum absolute atomic E-state index is 13.8. The standard InChI is InChI=1S/C23H17Cl2FN2O7/c24-14-5-1-12(2-6-14)21(30)33-11-18-17(35-22(31)13-3-7-15(25)8-4-13)9-19(34-18)28-10-16(26)20(29)27-23(28)32/h1-8,10,17-19H,9,11H2,(H,27,29,32)/t17-,18-,19-/m1/s1. The van der Waals surface area contributed by atoms with Gasteiger partial charge in [0.1, 0.15) is 25.0 Å². The first-order valence-electron chi connectivity index (χ1n) is 10.3. The fourth-order valence-electron chi connectivity index (χ4n) is 3.44. The summed E-state index contributed by atoms with van der Waals surface area (Å²) in [6, 6.07) is 12.0. The van der Waals surface area contributed by atoms with Gasteiger partial charge in [-0.25, -0.2) is 14.4 Å². The second-order valence-electron chi connectivity index (χ2n) is 7.56. The van der Waals surface area contributed by atoms with Crippen LogP contribution in [0.3, 0.4) is 0 Å². The van der Waals surface area contributed by atoms with Crippen molar-refractivity contribution >= 4 is 35.1 Å². The Kier molecular flexibility index (Phi) is 7.34. The highest BCUT2D eigenvalue weighted by molar-refractivity contribution is 6.31. The van der Waals surface area contributed by atoms with Crippen molar-refractivity contribution in [3.63, 3.8) is 0 Å². The fourth-order valence-corrected chi connectivity index (χ4v) is 3.69. The van der Waals surface area contributed by atoms with Gasteiger partial charge < -0.3 is 14.2 Å². The SMILES string of the molecule is O=C(OC[C@H]1O[C@@H](n2cc(F)c(=O)[nH]c2=O)C[C@H]1OC(=O)c1ccc(Cl)cc1)c1ccc(Cl)cc1. The highest BCUT2D eigenvalue weighted by Gasteiger charge is 2.40. The molecule has 12 heteroatoms. The molecule has 4 rings (SSSR count). The maximum Gasteiger partial charge on any atom is 0.338 e. The van der Waals surface area contributed by atoms with Crippen LogP contribution in [0.25, 0.3) is 0 Å². The topological polar surface area (TPSA) is 117 Å². The zero-order valence-corrected chi connectivity index (χ0v) is 19.3. The molecule has 1 saturated heterocycles. The van der Waals surface area contributed by atoms with Gasteiger partial charge in [0.25, 0.3) is 5.56 Å². The second-order valence-corrected chi connectivity index (χ2v) is 8.44. The van der Waals surface area contributed by atoms with Gasteiger partial charge in [0.2, 0.25) is 5.82 Å². The summed E-state index contributed by atoms with van der Waals surface area (Å²) < 4.78 is 31.3. The van der Waals surface area contributed by atoms with E-state index >= 15 is 0 Å². The van der Waals surface area contributed by atoms with Gasteiger partial charge in [0.15, 0.2) is 0 Å². The number of ether oxygens (including phenoxy) is 3. The van der Waals surface area contributed by atoms with E-state index in [4.69, 9.17) is 37.4 Å². The van der Waals surface area contributed by atoms with Crippen LogP contribution in [0.2, 0.25) is 10.0 Å². The van der Waals surface area contributed by atoms with Gasteiger partial charge in [-0.05, 0) is 48.5 Å². The smallest absolute Gasteiger partial charge is 0.338 e. The average Bonchev–Trinajstić information content (AvgIpc) is 3.22. The quantitative estimate of drug-likeness (QED) is 0.493. The minimum Gasteiger partial charge on any atom is -0.459 e. The lowest BCUT2D eigenvalue weighted by atomic mass is 10.1. The number of aromatic nitrogens is 2. The Labute approximate surface area is 207 Å². The molecule has 3 atom stereocenters. The largest absolute Gasteiger partial charge is 0.459 e. The van der Waals surface area contributed by atoms with Crippen LogP contribution in [-0.2, 0) is 14.2 Å². The number of hydrogen-bond donors (Lipinski definition) is 1. The van der Waals surface area contributed by atoms with Crippen molar-refractivity contribution in [2.75, 3.05) is 6.61 Å². The van der Waals surface area contributed by atoms with E-state index < -0.39 is 47.4 Å². The number of H-pyrrole nitrogens is 1. The number of carbonyl (C=O) groups is 2. The summed E-state index contributed by atoms with van der Waals surface area (Å²) in [6.07, 6.45) is -2.44. The molecule has 0 amide bonds. The molecule has 2 aromatic carbocycles. The van der Waals surface area contributed by atoms with Gasteiger partial charge in [-0.15, -0.1) is 0 Å². The predicted octanol–water partition coefficient (Wildman–Crippen LogP) is 3.35. The van der Waals surface area contributed by atoms with Crippen LogP contribution in [0.5, 0.6) is 0 Å². The molecule has 0 radical (unpaired) electrons. The zero-order chi connectivity index (χ0) is 25.1. The van der Waals surface area contributed by atoms with Crippen LogP contribution in [0.4, 0.5) is 4.39 Å². The molecule has 9 nitrogen and oxygen atoms in total. The molecule has 35 heavy (non-hydrogen) atoms. The number of benzene rings is 2. The minimum absolute atomic E-state index is 0.0755. The van der Waals surface area contributed by atoms with Crippen molar-refractivity contribution in [1.29, 1.82) is 0 Å². The highest BCUT2D eigenvalue weighted by atomic mass is 35.5. The van der Waals surface area contributed by atoms with Gasteiger partial charge >= 0.3 is 17.6 Å². The Morgan fingerprint density at radius 3 is 2.17 bits per heavy atom. The molecular weight excluding hydrogens is 506 g/mol. The van der Waals surface area contributed by atoms with Crippen molar-refractivity contribution in [3.8, 4) is 0 Å². The molecule has 0 spiro atoms. The first-order chi connectivity index (χ1) is 16.7. The third-order valence-corrected chi connectivity index (χ3v) is 5.72. The number of aromatic amines is 1. The molecule has 0 bridgehead atoms. The maximum atomic E-state index is 13.8. The summed E-state index contributed by atoms with van der Waals surface area (Å²) in [4.78, 5) is 50.4. The molecule has 0 aliphatic carbocycles. The summed E-state index contributed by atoms with van der Waals surface area (Å²) in [5.74, 6) is -2.57. The lowest BCUT2D eigenvalue weighted by Gasteiger charge is -2.19. The fraction of sp³-hybridized carbons (Fsp3) is 0.217. The molecule has 1 aliphatic heterocycles. The molecule has 0 saturated carbocycles. The Morgan fingerprint density at radius 2 is 1.57 bits per heavy atom. The number of carbonyl (C=O) groups excluding carboxylic acids is 2. The monoisotopic (exact) mass is 522 g/mol. The lowest BCUT2D eigenvalue weighted by molar-refractivity contribution is -0.0584. The number of nitrogens with one attached hydrogen (secondary N) is 1. The van der Waals surface area contributed by atoms with E-state index in [-0.39, 0.29) is 24.2 Å². The van der Waals surface area contributed by atoms with E-state index in [2.05, 4.69) is 0 Å². The van der Waals surface area contributed by atoms with Crippen LogP contribution in [0.1, 0.15) is 33.4 Å². The van der Waals surface area contributed by atoms with Crippen molar-refractivity contribution in [1.82, 2.24) is 9.55 Å². The third kappa shape index (κ3) is 5.79. The predicted molar refractivity (Wildman–Crippen MR) is 122 cm³/mol. The first-order valence-corrected chi connectivity index (χ1v) is 11.0. The number of esters is 2. The van der Waals surface area contributed by atoms with Gasteiger partial charge in [-0.1, -0.05) is 23.2 Å². The van der Waals surface area contributed by atoms with E-state index in [1.807, 2.05) is 4.98 Å². The normalized spacial score (nSPS) is 19.3. The van der Waals surface area contributed by atoms with Crippen LogP contribution in [0.15, 0.2) is 64.3 Å². The molecule has 0 unspecified atom stereocenters. The van der Waals surface area contributed by atoms with Gasteiger partial charge in [-0.3, -0.25) is 14.3 Å². The lowest BCUT2D eigenvalue weighted by Crippen LogP contribution is -2.34. The zero-order valence-electron chi connectivity index (χ0n) is 17.8. The van der Waals surface area contributed by atoms with Crippen molar-refractivity contribution in [2.45, 2.75) is 24.9 Å². The number of hydrogen-bond acceptors (Lipinski definition) is 7. The molecule has 3 aromatic rings. The van der Waals surface area contributed by atoms with Gasteiger partial charge in [0.05, 0.1) is 17.3 Å². The van der Waals surface area contributed by atoms with E-state index in [1.165, 1.54) is 48.5 Å². The summed E-state index contributed by atoms with van der Waals surface area (Å²) >= 11 is 11.7. The number of nitrogens with zero attached hydrogens (tertiary/aromatic N) is 1. The second kappa shape index (κ2) is 10.4. The van der Waals surface area contributed by atoms with Gasteiger partial charge in [-0.2, -0.15) is 4.39 Å². The molecule has 182 valence electrons. The Bertz CT molecular complexity index is 1360. The molecule has 1 fully saturated rings. The third-order valence-electron chi connectivity index (χ3n) is 5.21. The number of halogens is 3. The summed E-state index contributed by atoms with van der Waals surface area (Å²) in [7, 11) is 0. The summed E-state index contributed by atoms with van der Waals surface area (Å²) in [5, 5.41) is 0.869.